The van der Waals surface area contributed by atoms with E-state index in [-0.39, 0.29) is 11.9 Å². The minimum Gasteiger partial charge on any atom is -0.467 e. The lowest BCUT2D eigenvalue weighted by Crippen LogP contribution is -2.36. The molecule has 0 bridgehead atoms. The summed E-state index contributed by atoms with van der Waals surface area (Å²) in [7, 11) is 1.35. The van der Waals surface area contributed by atoms with Crippen LogP contribution in [0.4, 0.5) is 11.8 Å². The van der Waals surface area contributed by atoms with Crippen LogP contribution in [0.2, 0.25) is 5.02 Å². The largest absolute Gasteiger partial charge is 0.467 e. The molecule has 2 N–H and O–H groups in total. The van der Waals surface area contributed by atoms with E-state index in [1.165, 1.54) is 13.3 Å². The average Bonchev–Trinajstić information content (AvgIpc) is 2.38. The van der Waals surface area contributed by atoms with Crippen LogP contribution in [0.15, 0.2) is 6.20 Å². The number of anilines is 2. The van der Waals surface area contributed by atoms with Crippen LogP contribution >= 0.6 is 11.6 Å². The molecule has 0 saturated heterocycles. The topological polar surface area (TPSA) is 76.1 Å². The van der Waals surface area contributed by atoms with Crippen LogP contribution in [0.25, 0.3) is 0 Å². The van der Waals surface area contributed by atoms with E-state index in [0.717, 1.165) is 0 Å². The maximum atomic E-state index is 11.7. The van der Waals surface area contributed by atoms with E-state index in [9.17, 15) is 4.79 Å². The van der Waals surface area contributed by atoms with Crippen LogP contribution in [-0.2, 0) is 9.53 Å². The first-order chi connectivity index (χ1) is 8.99. The van der Waals surface area contributed by atoms with Crippen LogP contribution in [0, 0.1) is 5.92 Å². The van der Waals surface area contributed by atoms with Crippen molar-refractivity contribution in [2.45, 2.75) is 26.8 Å². The second-order valence-electron chi connectivity index (χ2n) is 4.31. The lowest BCUT2D eigenvalue weighted by atomic mass is 10.0. The summed E-state index contributed by atoms with van der Waals surface area (Å²) < 4.78 is 4.76. The van der Waals surface area contributed by atoms with Gasteiger partial charge < -0.3 is 15.4 Å². The molecular formula is C12H19ClN4O2. The molecule has 1 rings (SSSR count). The van der Waals surface area contributed by atoms with Gasteiger partial charge in [0, 0.05) is 6.54 Å². The van der Waals surface area contributed by atoms with Crippen molar-refractivity contribution in [2.24, 2.45) is 5.92 Å². The molecule has 106 valence electrons. The lowest BCUT2D eigenvalue weighted by Gasteiger charge is -2.21. The molecule has 1 heterocycles. The van der Waals surface area contributed by atoms with E-state index in [1.54, 1.807) is 0 Å². The number of hydrogen-bond acceptors (Lipinski definition) is 6. The van der Waals surface area contributed by atoms with Gasteiger partial charge in [0.15, 0.2) is 5.82 Å². The molecule has 0 amide bonds. The molecule has 0 aliphatic rings. The Hall–Kier alpha value is -1.56. The molecule has 7 heteroatoms. The molecule has 1 unspecified atom stereocenters. The summed E-state index contributed by atoms with van der Waals surface area (Å²) in [5, 5.41) is 6.34. The molecule has 1 aromatic heterocycles. The van der Waals surface area contributed by atoms with E-state index in [2.05, 4.69) is 20.6 Å². The van der Waals surface area contributed by atoms with Crippen molar-refractivity contribution in [3.63, 3.8) is 0 Å². The predicted octanol–water partition coefficient (Wildman–Crippen LogP) is 2.17. The van der Waals surface area contributed by atoms with Crippen LogP contribution < -0.4 is 10.6 Å². The predicted molar refractivity (Wildman–Crippen MR) is 75.5 cm³/mol. The van der Waals surface area contributed by atoms with Gasteiger partial charge >= 0.3 is 5.97 Å². The Bertz CT molecular complexity index is 440. The fourth-order valence-corrected chi connectivity index (χ4v) is 1.63. The van der Waals surface area contributed by atoms with Gasteiger partial charge in [-0.3, -0.25) is 0 Å². The number of carbonyl (C=O) groups is 1. The summed E-state index contributed by atoms with van der Waals surface area (Å²) in [5.41, 5.74) is 0. The van der Waals surface area contributed by atoms with E-state index in [4.69, 9.17) is 16.3 Å². The van der Waals surface area contributed by atoms with Crippen molar-refractivity contribution >= 4 is 29.3 Å². The first-order valence-corrected chi connectivity index (χ1v) is 6.48. The van der Waals surface area contributed by atoms with Gasteiger partial charge in [0.1, 0.15) is 11.1 Å². The Kier molecular flexibility index (Phi) is 5.82. The van der Waals surface area contributed by atoms with E-state index >= 15 is 0 Å². The van der Waals surface area contributed by atoms with Crippen molar-refractivity contribution in [2.75, 3.05) is 24.3 Å². The van der Waals surface area contributed by atoms with E-state index in [0.29, 0.717) is 23.3 Å². The third kappa shape index (κ3) is 4.24. The highest BCUT2D eigenvalue weighted by Crippen LogP contribution is 2.22. The molecule has 0 radical (unpaired) electrons. The SMILES string of the molecule is CCNc1ncc(Cl)c(NC(C(=O)OC)C(C)C)n1. The highest BCUT2D eigenvalue weighted by Gasteiger charge is 2.24. The lowest BCUT2D eigenvalue weighted by molar-refractivity contribution is -0.142. The Labute approximate surface area is 117 Å². The number of ether oxygens (including phenoxy) is 1. The van der Waals surface area contributed by atoms with Gasteiger partial charge in [0.25, 0.3) is 0 Å². The van der Waals surface area contributed by atoms with Gasteiger partial charge in [-0.15, -0.1) is 0 Å². The molecule has 1 aromatic rings. The van der Waals surface area contributed by atoms with Crippen LogP contribution in [0.5, 0.6) is 0 Å². The zero-order valence-electron chi connectivity index (χ0n) is 11.5. The fraction of sp³-hybridized carbons (Fsp3) is 0.583. The number of carbonyl (C=O) groups excluding carboxylic acids is 1. The smallest absolute Gasteiger partial charge is 0.328 e. The van der Waals surface area contributed by atoms with Gasteiger partial charge in [-0.05, 0) is 12.8 Å². The van der Waals surface area contributed by atoms with Gasteiger partial charge in [0.2, 0.25) is 5.95 Å². The van der Waals surface area contributed by atoms with Gasteiger partial charge in [0.05, 0.1) is 13.3 Å². The maximum Gasteiger partial charge on any atom is 0.328 e. The van der Waals surface area contributed by atoms with Gasteiger partial charge in [-0.1, -0.05) is 25.4 Å². The number of halogens is 1. The summed E-state index contributed by atoms with van der Waals surface area (Å²) in [5.74, 6) is 0.564. The average molecular weight is 287 g/mol. The van der Waals surface area contributed by atoms with Gasteiger partial charge in [-0.25, -0.2) is 9.78 Å². The first kappa shape index (κ1) is 15.5. The minimum atomic E-state index is -0.508. The Balaban J connectivity index is 2.95. The Morgan fingerprint density at radius 2 is 2.21 bits per heavy atom. The summed E-state index contributed by atoms with van der Waals surface area (Å²) in [6, 6.07) is -0.508. The van der Waals surface area contributed by atoms with Crippen molar-refractivity contribution in [3.05, 3.63) is 11.2 Å². The quantitative estimate of drug-likeness (QED) is 0.781. The fourth-order valence-electron chi connectivity index (χ4n) is 1.48. The first-order valence-electron chi connectivity index (χ1n) is 6.10. The molecule has 0 fully saturated rings. The summed E-state index contributed by atoms with van der Waals surface area (Å²) in [6.45, 7) is 6.46. The number of rotatable bonds is 6. The highest BCUT2D eigenvalue weighted by molar-refractivity contribution is 6.32. The van der Waals surface area contributed by atoms with Crippen molar-refractivity contribution in [3.8, 4) is 0 Å². The maximum absolute atomic E-state index is 11.7. The number of aromatic nitrogens is 2. The van der Waals surface area contributed by atoms with Gasteiger partial charge in [-0.2, -0.15) is 4.98 Å². The summed E-state index contributed by atoms with van der Waals surface area (Å²) in [4.78, 5) is 20.0. The zero-order valence-corrected chi connectivity index (χ0v) is 12.3. The number of nitrogens with one attached hydrogen (secondary N) is 2. The minimum absolute atomic E-state index is 0.0427. The molecule has 6 nitrogen and oxygen atoms in total. The normalized spacial score (nSPS) is 12.1. The Morgan fingerprint density at radius 3 is 2.74 bits per heavy atom. The highest BCUT2D eigenvalue weighted by atomic mass is 35.5. The molecular weight excluding hydrogens is 268 g/mol. The molecule has 1 atom stereocenters. The third-order valence-electron chi connectivity index (χ3n) is 2.49. The molecule has 19 heavy (non-hydrogen) atoms. The van der Waals surface area contributed by atoms with E-state index in [1.807, 2.05) is 20.8 Å². The zero-order chi connectivity index (χ0) is 14.4. The van der Waals surface area contributed by atoms with Crippen molar-refractivity contribution in [1.82, 2.24) is 9.97 Å². The number of methoxy groups -OCH3 is 1. The monoisotopic (exact) mass is 286 g/mol. The number of nitrogens with zero attached hydrogens (tertiary/aromatic N) is 2. The molecule has 0 saturated carbocycles. The van der Waals surface area contributed by atoms with Crippen LogP contribution in [-0.4, -0.2) is 35.6 Å². The third-order valence-corrected chi connectivity index (χ3v) is 2.77. The van der Waals surface area contributed by atoms with Crippen LogP contribution in [0.3, 0.4) is 0 Å². The Morgan fingerprint density at radius 1 is 1.53 bits per heavy atom. The molecule has 0 aliphatic carbocycles. The summed E-state index contributed by atoms with van der Waals surface area (Å²) >= 11 is 6.03. The van der Waals surface area contributed by atoms with E-state index < -0.39 is 6.04 Å². The second kappa shape index (κ2) is 7.13. The molecule has 0 aromatic carbocycles. The van der Waals surface area contributed by atoms with Crippen molar-refractivity contribution < 1.29 is 9.53 Å². The number of hydrogen-bond donors (Lipinski definition) is 2. The molecule has 0 spiro atoms. The number of esters is 1. The molecule has 0 aliphatic heterocycles. The second-order valence-corrected chi connectivity index (χ2v) is 4.72. The van der Waals surface area contributed by atoms with Crippen molar-refractivity contribution in [1.29, 1.82) is 0 Å². The van der Waals surface area contributed by atoms with Crippen LogP contribution in [0.1, 0.15) is 20.8 Å². The summed E-state index contributed by atoms with van der Waals surface area (Å²) in [6.07, 6.45) is 1.49. The standard InChI is InChI=1S/C12H19ClN4O2/c1-5-14-12-15-6-8(13)10(17-12)16-9(7(2)3)11(18)19-4/h6-7,9H,5H2,1-4H3,(H2,14,15,16,17).